The van der Waals surface area contributed by atoms with Gasteiger partial charge >= 0.3 is 0 Å². The van der Waals surface area contributed by atoms with Crippen LogP contribution in [0.1, 0.15) is 0 Å². The van der Waals surface area contributed by atoms with E-state index in [0.29, 0.717) is 17.5 Å². The highest BCUT2D eigenvalue weighted by Crippen LogP contribution is 2.40. The maximum absolute atomic E-state index is 6.27. The molecule has 4 heteroatoms. The number of nitrogens with zero attached hydrogens (tertiary/aromatic N) is 3. The fourth-order valence-corrected chi connectivity index (χ4v) is 6.39. The van der Waals surface area contributed by atoms with Gasteiger partial charge in [0.05, 0.1) is 0 Å². The molecule has 0 spiro atoms. The van der Waals surface area contributed by atoms with Crippen LogP contribution < -0.4 is 0 Å². The molecule has 0 aliphatic heterocycles. The van der Waals surface area contributed by atoms with Gasteiger partial charge in [-0.2, -0.15) is 0 Å². The van der Waals surface area contributed by atoms with E-state index in [1.807, 2.05) is 78.9 Å². The molecule has 4 nitrogen and oxygen atoms in total. The second-order valence-electron chi connectivity index (χ2n) is 11.2. The maximum Gasteiger partial charge on any atom is 0.164 e. The van der Waals surface area contributed by atoms with E-state index >= 15 is 0 Å². The average Bonchev–Trinajstić information content (AvgIpc) is 3.51. The van der Waals surface area contributed by atoms with Gasteiger partial charge in [0.25, 0.3) is 0 Å². The minimum absolute atomic E-state index is 0.638. The third-order valence-corrected chi connectivity index (χ3v) is 8.52. The molecule has 0 saturated heterocycles. The summed E-state index contributed by atoms with van der Waals surface area (Å²) in [5.41, 5.74) is 6.80. The summed E-state index contributed by atoms with van der Waals surface area (Å²) in [6.07, 6.45) is 0. The molecule has 0 aliphatic carbocycles. The zero-order chi connectivity index (χ0) is 29.7. The predicted molar refractivity (Wildman–Crippen MR) is 184 cm³/mol. The number of hydrogen-bond donors (Lipinski definition) is 0. The SMILES string of the molecule is c1ccc(-c2nc(-c3ccccc3)nc(-c3ccccc3-c3ccc4ccc5ccc6oc7ccccc7c6c5c4c3)n2)cc1. The molecule has 0 radical (unpaired) electrons. The van der Waals surface area contributed by atoms with E-state index in [1.165, 1.54) is 21.5 Å². The molecule has 0 atom stereocenters. The molecule has 45 heavy (non-hydrogen) atoms. The van der Waals surface area contributed by atoms with E-state index < -0.39 is 0 Å². The molecule has 2 heterocycles. The largest absolute Gasteiger partial charge is 0.456 e. The van der Waals surface area contributed by atoms with Crippen LogP contribution in [0.5, 0.6) is 0 Å². The van der Waals surface area contributed by atoms with Crippen LogP contribution in [-0.4, -0.2) is 15.0 Å². The minimum Gasteiger partial charge on any atom is -0.456 e. The standard InChI is InChI=1S/C41H25N3O/c1-3-11-28(12-4-1)39-42-40(29-13-5-2-6-14-29)44-41(43-39)32-16-8-7-15-31(32)30-22-20-26-19-21-27-23-24-36-38(37(27)34(26)25-30)33-17-9-10-18-35(33)45-36/h1-25H. The van der Waals surface area contributed by atoms with Crippen LogP contribution in [0.4, 0.5) is 0 Å². The van der Waals surface area contributed by atoms with Gasteiger partial charge in [-0.05, 0) is 45.5 Å². The van der Waals surface area contributed by atoms with Gasteiger partial charge in [0.15, 0.2) is 17.5 Å². The number of para-hydroxylation sites is 1. The molecule has 0 amide bonds. The first-order chi connectivity index (χ1) is 22.3. The van der Waals surface area contributed by atoms with Gasteiger partial charge in [-0.25, -0.2) is 15.0 Å². The summed E-state index contributed by atoms with van der Waals surface area (Å²) in [4.78, 5) is 15.0. The molecule has 2 aromatic heterocycles. The van der Waals surface area contributed by atoms with E-state index in [1.54, 1.807) is 0 Å². The first kappa shape index (κ1) is 25.4. The van der Waals surface area contributed by atoms with Gasteiger partial charge in [0, 0.05) is 32.8 Å². The van der Waals surface area contributed by atoms with Crippen LogP contribution in [-0.2, 0) is 0 Å². The van der Waals surface area contributed by atoms with E-state index in [4.69, 9.17) is 19.4 Å². The zero-order valence-corrected chi connectivity index (χ0v) is 24.2. The summed E-state index contributed by atoms with van der Waals surface area (Å²) in [6.45, 7) is 0. The molecule has 0 N–H and O–H groups in total. The quantitative estimate of drug-likeness (QED) is 0.196. The normalized spacial score (nSPS) is 11.6. The number of benzene rings is 7. The van der Waals surface area contributed by atoms with Crippen LogP contribution in [0.2, 0.25) is 0 Å². The van der Waals surface area contributed by atoms with Gasteiger partial charge < -0.3 is 4.42 Å². The average molecular weight is 576 g/mol. The Balaban J connectivity index is 1.29. The fraction of sp³-hybridized carbons (Fsp3) is 0. The molecule has 9 rings (SSSR count). The Morgan fingerprint density at radius 2 is 0.933 bits per heavy atom. The van der Waals surface area contributed by atoms with Crippen molar-refractivity contribution in [2.45, 2.75) is 0 Å². The summed E-state index contributed by atoms with van der Waals surface area (Å²) < 4.78 is 6.27. The van der Waals surface area contributed by atoms with Crippen molar-refractivity contribution >= 4 is 43.5 Å². The van der Waals surface area contributed by atoms with Crippen molar-refractivity contribution in [1.29, 1.82) is 0 Å². The van der Waals surface area contributed by atoms with Crippen LogP contribution in [0.15, 0.2) is 156 Å². The molecule has 210 valence electrons. The summed E-state index contributed by atoms with van der Waals surface area (Å²) in [6, 6.07) is 52.2. The summed E-state index contributed by atoms with van der Waals surface area (Å²) >= 11 is 0. The Morgan fingerprint density at radius 3 is 1.69 bits per heavy atom. The van der Waals surface area contributed by atoms with Crippen LogP contribution in [0.3, 0.4) is 0 Å². The maximum atomic E-state index is 6.27. The third kappa shape index (κ3) is 4.27. The first-order valence-corrected chi connectivity index (χ1v) is 15.0. The Morgan fingerprint density at radius 1 is 0.356 bits per heavy atom. The number of hydrogen-bond acceptors (Lipinski definition) is 4. The molecule has 0 fully saturated rings. The van der Waals surface area contributed by atoms with E-state index in [9.17, 15) is 0 Å². The molecule has 0 unspecified atom stereocenters. The zero-order valence-electron chi connectivity index (χ0n) is 24.2. The number of rotatable bonds is 4. The van der Waals surface area contributed by atoms with Crippen molar-refractivity contribution in [2.75, 3.05) is 0 Å². The molecule has 9 aromatic rings. The fourth-order valence-electron chi connectivity index (χ4n) is 6.39. The van der Waals surface area contributed by atoms with Gasteiger partial charge in [-0.1, -0.05) is 133 Å². The lowest BCUT2D eigenvalue weighted by Crippen LogP contribution is -2.01. The lowest BCUT2D eigenvalue weighted by Gasteiger charge is -2.13. The van der Waals surface area contributed by atoms with Crippen LogP contribution >= 0.6 is 0 Å². The highest BCUT2D eigenvalue weighted by atomic mass is 16.3. The minimum atomic E-state index is 0.638. The molecule has 0 saturated carbocycles. The number of aromatic nitrogens is 3. The van der Waals surface area contributed by atoms with Crippen molar-refractivity contribution < 1.29 is 4.42 Å². The second kappa shape index (κ2) is 10.2. The lowest BCUT2D eigenvalue weighted by atomic mass is 9.93. The third-order valence-electron chi connectivity index (χ3n) is 8.52. The Kier molecular flexibility index (Phi) is 5.78. The monoisotopic (exact) mass is 575 g/mol. The predicted octanol–water partition coefficient (Wildman–Crippen LogP) is 10.7. The van der Waals surface area contributed by atoms with Gasteiger partial charge in [0.1, 0.15) is 11.2 Å². The molecule has 0 aliphatic rings. The van der Waals surface area contributed by atoms with Crippen molar-refractivity contribution in [3.8, 4) is 45.3 Å². The van der Waals surface area contributed by atoms with E-state index in [-0.39, 0.29) is 0 Å². The topological polar surface area (TPSA) is 51.8 Å². The molecule has 0 bridgehead atoms. The van der Waals surface area contributed by atoms with Crippen molar-refractivity contribution in [3.05, 3.63) is 152 Å². The summed E-state index contributed by atoms with van der Waals surface area (Å²) in [7, 11) is 0. The second-order valence-corrected chi connectivity index (χ2v) is 11.2. The molecular formula is C41H25N3O. The van der Waals surface area contributed by atoms with Gasteiger partial charge in [-0.15, -0.1) is 0 Å². The Hall–Kier alpha value is -6.13. The van der Waals surface area contributed by atoms with Crippen molar-refractivity contribution in [1.82, 2.24) is 15.0 Å². The Bertz CT molecular complexity index is 2480. The summed E-state index contributed by atoms with van der Waals surface area (Å²) in [5, 5.41) is 7.03. The Labute approximate surface area is 259 Å². The highest BCUT2D eigenvalue weighted by Gasteiger charge is 2.17. The van der Waals surface area contributed by atoms with Gasteiger partial charge in [0.2, 0.25) is 0 Å². The van der Waals surface area contributed by atoms with Crippen LogP contribution in [0, 0.1) is 0 Å². The summed E-state index contributed by atoms with van der Waals surface area (Å²) in [5.74, 6) is 1.93. The highest BCUT2D eigenvalue weighted by molar-refractivity contribution is 6.27. The van der Waals surface area contributed by atoms with Crippen molar-refractivity contribution in [2.24, 2.45) is 0 Å². The first-order valence-electron chi connectivity index (χ1n) is 15.0. The van der Waals surface area contributed by atoms with E-state index in [2.05, 4.69) is 72.8 Å². The number of furan rings is 1. The van der Waals surface area contributed by atoms with Gasteiger partial charge in [-0.3, -0.25) is 0 Å². The smallest absolute Gasteiger partial charge is 0.164 e. The lowest BCUT2D eigenvalue weighted by molar-refractivity contribution is 0.669. The van der Waals surface area contributed by atoms with E-state index in [0.717, 1.165) is 49.8 Å². The van der Waals surface area contributed by atoms with Crippen LogP contribution in [0.25, 0.3) is 88.8 Å². The molecule has 7 aromatic carbocycles. The van der Waals surface area contributed by atoms with Crippen molar-refractivity contribution in [3.63, 3.8) is 0 Å². The number of fused-ring (bicyclic) bond motifs is 7. The molecular weight excluding hydrogens is 550 g/mol.